The molecule has 6 nitrogen and oxygen atoms in total. The maximum atomic E-state index is 13.5. The molecule has 0 radical (unpaired) electrons. The number of aliphatic imine (C=N–C) groups is 1. The summed E-state index contributed by atoms with van der Waals surface area (Å²) in [6, 6.07) is 12.7. The number of piperidine rings is 1. The molecule has 1 fully saturated rings. The van der Waals surface area contributed by atoms with Crippen LogP contribution < -0.4 is 20.3 Å². The van der Waals surface area contributed by atoms with Gasteiger partial charge in [-0.05, 0) is 49.6 Å². The molecule has 1 atom stereocenters. The van der Waals surface area contributed by atoms with Crippen molar-refractivity contribution in [2.24, 2.45) is 4.99 Å². The number of benzene rings is 2. The fourth-order valence-corrected chi connectivity index (χ4v) is 3.47. The molecular weight excluding hydrogens is 498 g/mol. The molecule has 0 saturated carbocycles. The molecule has 1 saturated heterocycles. The zero-order chi connectivity index (χ0) is 20.6. The van der Waals surface area contributed by atoms with Crippen molar-refractivity contribution < 1.29 is 14.2 Å². The summed E-state index contributed by atoms with van der Waals surface area (Å²) in [5.41, 5.74) is 1.86. The smallest absolute Gasteiger partial charge is 0.191 e. The predicted molar refractivity (Wildman–Crippen MR) is 130 cm³/mol. The van der Waals surface area contributed by atoms with Gasteiger partial charge in [-0.15, -0.1) is 24.0 Å². The molecule has 1 aliphatic heterocycles. The average Bonchev–Trinajstić information content (AvgIpc) is 2.75. The second-order valence-electron chi connectivity index (χ2n) is 7.11. The molecule has 2 aromatic rings. The summed E-state index contributed by atoms with van der Waals surface area (Å²) < 4.78 is 18.9. The topological polar surface area (TPSA) is 69.1 Å². The van der Waals surface area contributed by atoms with E-state index < -0.39 is 5.82 Å². The highest BCUT2D eigenvalue weighted by Gasteiger charge is 2.21. The van der Waals surface area contributed by atoms with Crippen LogP contribution >= 0.6 is 24.0 Å². The van der Waals surface area contributed by atoms with Crippen molar-refractivity contribution in [1.82, 2.24) is 10.6 Å². The highest BCUT2D eigenvalue weighted by molar-refractivity contribution is 14.0. The standard InChI is InChI=1S/C22H29FN4O2.HI/c1-3-24-22(25-14-16-9-10-21(28)20(23)12-16)26-17-6-5-11-27(15-17)18-7-4-8-19(13-18)29-2;/h4,7-10,12-13,17,28H,3,5-6,11,14-15H2,1-2H3,(H2,24,25,26);1H. The van der Waals surface area contributed by atoms with Crippen LogP contribution in [0, 0.1) is 5.82 Å². The van der Waals surface area contributed by atoms with Crippen LogP contribution in [0.15, 0.2) is 47.5 Å². The second-order valence-corrected chi connectivity index (χ2v) is 7.11. The van der Waals surface area contributed by atoms with Crippen LogP contribution in [-0.2, 0) is 6.54 Å². The van der Waals surface area contributed by atoms with Gasteiger partial charge in [-0.25, -0.2) is 9.38 Å². The Kier molecular flexibility index (Phi) is 9.48. The van der Waals surface area contributed by atoms with Crippen molar-refractivity contribution in [2.75, 3.05) is 31.6 Å². The number of ether oxygens (including phenoxy) is 1. The molecule has 1 aliphatic rings. The maximum Gasteiger partial charge on any atom is 0.191 e. The Balaban J connectivity index is 0.00000320. The highest BCUT2D eigenvalue weighted by Crippen LogP contribution is 2.24. The quantitative estimate of drug-likeness (QED) is 0.302. The van der Waals surface area contributed by atoms with Gasteiger partial charge in [-0.2, -0.15) is 0 Å². The number of anilines is 1. The van der Waals surface area contributed by atoms with E-state index in [2.05, 4.69) is 32.7 Å². The number of hydrogen-bond donors (Lipinski definition) is 3. The lowest BCUT2D eigenvalue weighted by Gasteiger charge is -2.35. The number of methoxy groups -OCH3 is 1. The van der Waals surface area contributed by atoms with Gasteiger partial charge >= 0.3 is 0 Å². The van der Waals surface area contributed by atoms with E-state index >= 15 is 0 Å². The lowest BCUT2D eigenvalue weighted by Crippen LogP contribution is -2.51. The largest absolute Gasteiger partial charge is 0.505 e. The molecular formula is C22H30FIN4O2. The normalized spacial score (nSPS) is 16.6. The molecule has 3 N–H and O–H groups in total. The van der Waals surface area contributed by atoms with Gasteiger partial charge in [0.05, 0.1) is 13.7 Å². The van der Waals surface area contributed by atoms with E-state index in [4.69, 9.17) is 4.74 Å². The second kappa shape index (κ2) is 11.8. The minimum Gasteiger partial charge on any atom is -0.505 e. The summed E-state index contributed by atoms with van der Waals surface area (Å²) in [6.07, 6.45) is 2.14. The Labute approximate surface area is 194 Å². The Hall–Kier alpha value is -2.23. The van der Waals surface area contributed by atoms with Crippen molar-refractivity contribution in [3.05, 3.63) is 53.8 Å². The molecule has 0 spiro atoms. The number of phenolic OH excluding ortho intramolecular Hbond substituents is 1. The van der Waals surface area contributed by atoms with Gasteiger partial charge in [-0.3, -0.25) is 0 Å². The van der Waals surface area contributed by atoms with Gasteiger partial charge in [0.1, 0.15) is 5.75 Å². The van der Waals surface area contributed by atoms with Gasteiger partial charge < -0.3 is 25.4 Å². The van der Waals surface area contributed by atoms with E-state index in [9.17, 15) is 9.50 Å². The molecule has 164 valence electrons. The molecule has 0 aromatic heterocycles. The Bertz CT molecular complexity index is 850. The van der Waals surface area contributed by atoms with Gasteiger partial charge in [0.2, 0.25) is 0 Å². The Morgan fingerprint density at radius 2 is 2.13 bits per heavy atom. The molecule has 8 heteroatoms. The van der Waals surface area contributed by atoms with Gasteiger partial charge in [-0.1, -0.05) is 12.1 Å². The fourth-order valence-electron chi connectivity index (χ4n) is 3.47. The van der Waals surface area contributed by atoms with Crippen LogP contribution in [0.4, 0.5) is 10.1 Å². The van der Waals surface area contributed by atoms with Crippen LogP contribution in [0.25, 0.3) is 0 Å². The van der Waals surface area contributed by atoms with Crippen molar-refractivity contribution in [1.29, 1.82) is 0 Å². The van der Waals surface area contributed by atoms with E-state index in [1.165, 1.54) is 12.1 Å². The van der Waals surface area contributed by atoms with Crippen molar-refractivity contribution in [3.63, 3.8) is 0 Å². The number of rotatable bonds is 6. The molecule has 30 heavy (non-hydrogen) atoms. The predicted octanol–water partition coefficient (Wildman–Crippen LogP) is 3.88. The SMILES string of the molecule is CCNC(=NCc1ccc(O)c(F)c1)NC1CCCN(c2cccc(OC)c2)C1.I. The third-order valence-electron chi connectivity index (χ3n) is 4.96. The van der Waals surface area contributed by atoms with E-state index in [-0.39, 0.29) is 35.8 Å². The minimum absolute atomic E-state index is 0. The zero-order valence-corrected chi connectivity index (χ0v) is 19.7. The number of nitrogens with zero attached hydrogens (tertiary/aromatic N) is 2. The maximum absolute atomic E-state index is 13.5. The lowest BCUT2D eigenvalue weighted by molar-refractivity contribution is 0.414. The highest BCUT2D eigenvalue weighted by atomic mass is 127. The van der Waals surface area contributed by atoms with Crippen LogP contribution in [0.3, 0.4) is 0 Å². The first-order chi connectivity index (χ1) is 14.1. The summed E-state index contributed by atoms with van der Waals surface area (Å²) in [5.74, 6) is 0.589. The van der Waals surface area contributed by atoms with E-state index in [1.807, 2.05) is 19.1 Å². The zero-order valence-electron chi connectivity index (χ0n) is 17.4. The molecule has 1 heterocycles. The third-order valence-corrected chi connectivity index (χ3v) is 4.96. The number of guanidine groups is 1. The Morgan fingerprint density at radius 3 is 2.87 bits per heavy atom. The summed E-state index contributed by atoms with van der Waals surface area (Å²) in [7, 11) is 1.68. The number of halogens is 2. The van der Waals surface area contributed by atoms with Crippen LogP contribution in [-0.4, -0.2) is 43.9 Å². The number of nitrogens with one attached hydrogen (secondary N) is 2. The summed E-state index contributed by atoms with van der Waals surface area (Å²) >= 11 is 0. The first kappa shape index (κ1) is 24.0. The molecule has 0 bridgehead atoms. The van der Waals surface area contributed by atoms with Crippen LogP contribution in [0.1, 0.15) is 25.3 Å². The fraction of sp³-hybridized carbons (Fsp3) is 0.409. The average molecular weight is 528 g/mol. The molecule has 2 aromatic carbocycles. The number of phenols is 1. The first-order valence-corrected chi connectivity index (χ1v) is 10.00. The molecule has 0 aliphatic carbocycles. The third kappa shape index (κ3) is 6.65. The number of aromatic hydroxyl groups is 1. The first-order valence-electron chi connectivity index (χ1n) is 10.00. The van der Waals surface area contributed by atoms with E-state index in [0.717, 1.165) is 43.9 Å². The summed E-state index contributed by atoms with van der Waals surface area (Å²) in [6.45, 7) is 4.96. The van der Waals surface area contributed by atoms with Crippen molar-refractivity contribution in [3.8, 4) is 11.5 Å². The Morgan fingerprint density at radius 1 is 1.30 bits per heavy atom. The lowest BCUT2D eigenvalue weighted by atomic mass is 10.0. The monoisotopic (exact) mass is 528 g/mol. The van der Waals surface area contributed by atoms with Crippen LogP contribution in [0.2, 0.25) is 0 Å². The number of hydrogen-bond acceptors (Lipinski definition) is 4. The summed E-state index contributed by atoms with van der Waals surface area (Å²) in [5, 5.41) is 16.1. The van der Waals surface area contributed by atoms with Gasteiger partial charge in [0, 0.05) is 37.4 Å². The molecule has 1 unspecified atom stereocenters. The van der Waals surface area contributed by atoms with E-state index in [1.54, 1.807) is 13.2 Å². The van der Waals surface area contributed by atoms with Crippen molar-refractivity contribution in [2.45, 2.75) is 32.4 Å². The minimum atomic E-state index is -0.628. The van der Waals surface area contributed by atoms with Crippen LogP contribution in [0.5, 0.6) is 11.5 Å². The van der Waals surface area contributed by atoms with Crippen molar-refractivity contribution >= 4 is 35.6 Å². The summed E-state index contributed by atoms with van der Waals surface area (Å²) in [4.78, 5) is 6.93. The molecule has 3 rings (SSSR count). The van der Waals surface area contributed by atoms with Gasteiger partial charge in [0.15, 0.2) is 17.5 Å². The molecule has 0 amide bonds. The van der Waals surface area contributed by atoms with E-state index in [0.29, 0.717) is 18.1 Å². The van der Waals surface area contributed by atoms with Gasteiger partial charge in [0.25, 0.3) is 0 Å².